The van der Waals surface area contributed by atoms with E-state index in [0.717, 1.165) is 48.3 Å². The summed E-state index contributed by atoms with van der Waals surface area (Å²) in [5.74, 6) is 4.12. The summed E-state index contributed by atoms with van der Waals surface area (Å²) in [6, 6.07) is 13.3. The largest absolute Gasteiger partial charge is 0.487 e. The van der Waals surface area contributed by atoms with Gasteiger partial charge in [-0.1, -0.05) is 44.2 Å². The van der Waals surface area contributed by atoms with Crippen molar-refractivity contribution >= 4 is 0 Å². The molecule has 228 valence electrons. The number of aryl methyl sites for hydroxylation is 1. The lowest BCUT2D eigenvalue weighted by atomic mass is 9.53. The molecule has 1 aromatic heterocycles. The lowest BCUT2D eigenvalue weighted by molar-refractivity contribution is -0.272. The molecule has 1 spiro atoms. The first-order chi connectivity index (χ1) is 20.8. The molecule has 0 N–H and O–H groups in total. The first-order valence-corrected chi connectivity index (χ1v) is 16.5. The van der Waals surface area contributed by atoms with Gasteiger partial charge in [0.1, 0.15) is 23.9 Å². The summed E-state index contributed by atoms with van der Waals surface area (Å²) in [7, 11) is 0. The maximum atomic E-state index is 13.5. The van der Waals surface area contributed by atoms with Gasteiger partial charge >= 0.3 is 0 Å². The van der Waals surface area contributed by atoms with Crippen LogP contribution in [0, 0.1) is 40.8 Å². The van der Waals surface area contributed by atoms with E-state index < -0.39 is 0 Å². The highest BCUT2D eigenvalue weighted by Gasteiger charge is 2.67. The van der Waals surface area contributed by atoms with E-state index in [2.05, 4.69) is 49.3 Å². The predicted molar refractivity (Wildman–Crippen MR) is 161 cm³/mol. The van der Waals surface area contributed by atoms with Crippen LogP contribution in [-0.4, -0.2) is 33.5 Å². The van der Waals surface area contributed by atoms with Crippen LogP contribution >= 0.6 is 0 Å². The molecule has 0 bridgehead atoms. The normalized spacial score (nSPS) is 37.9. The molecule has 9 atom stereocenters. The summed E-state index contributed by atoms with van der Waals surface area (Å²) in [5, 5.41) is 8.47. The van der Waals surface area contributed by atoms with Crippen molar-refractivity contribution < 1.29 is 18.6 Å². The fourth-order valence-corrected chi connectivity index (χ4v) is 10.1. The molecule has 3 aliphatic carbocycles. The first kappa shape index (κ1) is 27.8. The molecule has 6 nitrogen and oxygen atoms in total. The van der Waals surface area contributed by atoms with Crippen LogP contribution in [0.25, 0.3) is 0 Å². The number of ether oxygens (including phenoxy) is 3. The second-order valence-electron chi connectivity index (χ2n) is 14.6. The number of aromatic nitrogens is 3. The van der Waals surface area contributed by atoms with E-state index in [1.807, 2.05) is 12.3 Å². The van der Waals surface area contributed by atoms with Gasteiger partial charge in [0.05, 0.1) is 25.5 Å². The van der Waals surface area contributed by atoms with Crippen LogP contribution in [-0.2, 0) is 29.0 Å². The Kier molecular flexibility index (Phi) is 6.72. The fraction of sp³-hybridized carbons (Fsp3) is 0.611. The molecule has 2 aromatic carbocycles. The maximum absolute atomic E-state index is 13.5. The smallest absolute Gasteiger partial charge is 0.171 e. The number of nitrogens with zero attached hydrogens (tertiary/aromatic N) is 3. The van der Waals surface area contributed by atoms with Gasteiger partial charge in [-0.2, -0.15) is 0 Å². The van der Waals surface area contributed by atoms with E-state index in [-0.39, 0.29) is 11.6 Å². The number of rotatable bonds is 5. The van der Waals surface area contributed by atoms with E-state index in [1.54, 1.807) is 16.3 Å². The zero-order valence-corrected chi connectivity index (χ0v) is 25.7. The van der Waals surface area contributed by atoms with Gasteiger partial charge in [-0.25, -0.2) is 9.07 Å². The van der Waals surface area contributed by atoms with Gasteiger partial charge in [0.2, 0.25) is 0 Å². The highest BCUT2D eigenvalue weighted by Crippen LogP contribution is 2.69. The van der Waals surface area contributed by atoms with Crippen LogP contribution in [0.4, 0.5) is 4.39 Å². The standard InChI is InChI=1S/C36H44FN3O3/c1-22-11-14-36(42-20-22)23(2)34-33(43-36)17-32-31-9-7-25-16-28(8-10-29(25)30(31)12-13-35(32,34)3)41-21-27-19-40(39-38-27)18-24-5-4-6-26(37)15-24/h4-6,8,10,15-16,19,22-23,30-34H,7,9,11-14,17-18,20-21H2,1-3H3/t22-,23+,30-,31-,32+,33+,34+,35+,36-/m1/s1. The van der Waals surface area contributed by atoms with Crippen molar-refractivity contribution in [2.24, 2.45) is 35.0 Å². The van der Waals surface area contributed by atoms with Gasteiger partial charge in [0, 0.05) is 12.3 Å². The quantitative estimate of drug-likeness (QED) is 0.314. The fourth-order valence-electron chi connectivity index (χ4n) is 10.1. The minimum absolute atomic E-state index is 0.242. The van der Waals surface area contributed by atoms with Gasteiger partial charge in [-0.15, -0.1) is 5.10 Å². The van der Waals surface area contributed by atoms with E-state index in [0.29, 0.717) is 48.3 Å². The number of fused-ring (bicyclic) bond motifs is 7. The molecule has 4 fully saturated rings. The predicted octanol–water partition coefficient (Wildman–Crippen LogP) is 7.30. The average molecular weight is 586 g/mol. The lowest BCUT2D eigenvalue weighted by Gasteiger charge is -2.52. The van der Waals surface area contributed by atoms with Crippen LogP contribution in [0.2, 0.25) is 0 Å². The molecule has 5 aliphatic rings. The Morgan fingerprint density at radius 3 is 2.84 bits per heavy atom. The SMILES string of the molecule is C[C@@H]1CC[C@@]2(OC1)O[C@H]1C[C@H]3[C@@H]4CCc5cc(OCc6cn(Cc7cccc(F)c7)nn6)ccc5[C@H]4CC[C@]3(C)[C@H]1[C@@H]2C. The van der Waals surface area contributed by atoms with E-state index >= 15 is 0 Å². The van der Waals surface area contributed by atoms with Crippen LogP contribution in [0.15, 0.2) is 48.7 Å². The van der Waals surface area contributed by atoms with Crippen molar-refractivity contribution in [3.8, 4) is 5.75 Å². The van der Waals surface area contributed by atoms with E-state index in [1.165, 1.54) is 49.8 Å². The zero-order valence-electron chi connectivity index (χ0n) is 25.7. The molecule has 43 heavy (non-hydrogen) atoms. The Morgan fingerprint density at radius 2 is 2.00 bits per heavy atom. The number of hydrogen-bond donors (Lipinski definition) is 0. The van der Waals surface area contributed by atoms with Crippen molar-refractivity contribution in [2.45, 2.75) is 96.7 Å². The molecule has 0 radical (unpaired) electrons. The van der Waals surface area contributed by atoms with Gasteiger partial charge in [0.15, 0.2) is 5.79 Å². The molecule has 8 rings (SSSR count). The summed E-state index contributed by atoms with van der Waals surface area (Å²) >= 11 is 0. The molecule has 0 amide bonds. The van der Waals surface area contributed by atoms with Crippen molar-refractivity contribution in [1.82, 2.24) is 15.0 Å². The second kappa shape index (κ2) is 10.4. The molecular formula is C36H44FN3O3. The number of benzene rings is 2. The molecule has 2 aliphatic heterocycles. The molecule has 3 aromatic rings. The third-order valence-corrected chi connectivity index (χ3v) is 12.2. The molecular weight excluding hydrogens is 541 g/mol. The Bertz CT molecular complexity index is 1500. The second-order valence-corrected chi connectivity index (χ2v) is 14.6. The topological polar surface area (TPSA) is 58.4 Å². The van der Waals surface area contributed by atoms with Gasteiger partial charge in [-0.05, 0) is 114 Å². The van der Waals surface area contributed by atoms with Crippen molar-refractivity contribution in [1.29, 1.82) is 0 Å². The number of halogens is 1. The molecule has 2 saturated carbocycles. The highest BCUT2D eigenvalue weighted by molar-refractivity contribution is 5.41. The third kappa shape index (κ3) is 4.64. The molecule has 7 heteroatoms. The van der Waals surface area contributed by atoms with Crippen LogP contribution < -0.4 is 4.74 Å². The van der Waals surface area contributed by atoms with Crippen molar-refractivity contribution in [2.75, 3.05) is 6.61 Å². The zero-order chi connectivity index (χ0) is 29.3. The number of hydrogen-bond acceptors (Lipinski definition) is 5. The average Bonchev–Trinajstić information content (AvgIpc) is 3.65. The van der Waals surface area contributed by atoms with Gasteiger partial charge < -0.3 is 14.2 Å². The van der Waals surface area contributed by atoms with Crippen molar-refractivity contribution in [3.05, 3.63) is 76.9 Å². The van der Waals surface area contributed by atoms with E-state index in [9.17, 15) is 4.39 Å². The van der Waals surface area contributed by atoms with Crippen LogP contribution in [0.5, 0.6) is 5.75 Å². The van der Waals surface area contributed by atoms with Crippen LogP contribution in [0.3, 0.4) is 0 Å². The lowest BCUT2D eigenvalue weighted by Crippen LogP contribution is -2.48. The van der Waals surface area contributed by atoms with E-state index in [4.69, 9.17) is 14.2 Å². The highest BCUT2D eigenvalue weighted by atomic mass is 19.1. The van der Waals surface area contributed by atoms with Gasteiger partial charge in [0.25, 0.3) is 0 Å². The Morgan fingerprint density at radius 1 is 1.09 bits per heavy atom. The molecule has 2 saturated heterocycles. The molecule has 3 heterocycles. The summed E-state index contributed by atoms with van der Waals surface area (Å²) in [4.78, 5) is 0. The monoisotopic (exact) mass is 585 g/mol. The Balaban J connectivity index is 0.930. The van der Waals surface area contributed by atoms with Crippen LogP contribution in [0.1, 0.15) is 87.6 Å². The Labute approximate surface area is 254 Å². The Hall–Kier alpha value is -2.77. The maximum Gasteiger partial charge on any atom is 0.171 e. The summed E-state index contributed by atoms with van der Waals surface area (Å²) < 4.78 is 34.9. The third-order valence-electron chi connectivity index (χ3n) is 12.2. The first-order valence-electron chi connectivity index (χ1n) is 16.5. The molecule has 0 unspecified atom stereocenters. The summed E-state index contributed by atoms with van der Waals surface area (Å²) in [6.07, 6.45) is 10.6. The summed E-state index contributed by atoms with van der Waals surface area (Å²) in [5.41, 5.74) is 4.95. The van der Waals surface area contributed by atoms with Crippen molar-refractivity contribution in [3.63, 3.8) is 0 Å². The minimum Gasteiger partial charge on any atom is -0.487 e. The van der Waals surface area contributed by atoms with Gasteiger partial charge in [-0.3, -0.25) is 0 Å². The summed E-state index contributed by atoms with van der Waals surface area (Å²) in [6.45, 7) is 9.01. The minimum atomic E-state index is -0.336.